The molecule has 2 aromatic carbocycles. The van der Waals surface area contributed by atoms with Crippen LogP contribution in [0.3, 0.4) is 0 Å². The van der Waals surface area contributed by atoms with Crippen LogP contribution in [0.15, 0.2) is 60.7 Å². The number of Topliss-reactive ketones (excluding diaryl/α,β-unsaturated/α-hetero) is 1. The Kier molecular flexibility index (Phi) is 4.67. The van der Waals surface area contributed by atoms with Crippen LogP contribution in [0.5, 0.6) is 0 Å². The van der Waals surface area contributed by atoms with E-state index in [4.69, 9.17) is 4.74 Å². The fraction of sp³-hybridized carbons (Fsp3) is 0.286. The molecular formula is C21H19NO3. The Morgan fingerprint density at radius 1 is 1.00 bits per heavy atom. The molecule has 25 heavy (non-hydrogen) atoms. The lowest BCUT2D eigenvalue weighted by Gasteiger charge is -2.42. The van der Waals surface area contributed by atoms with Gasteiger partial charge in [-0.05, 0) is 11.1 Å². The number of hydrogen-bond acceptors (Lipinski definition) is 4. The zero-order chi connectivity index (χ0) is 17.9. The van der Waals surface area contributed by atoms with Gasteiger partial charge in [-0.3, -0.25) is 9.59 Å². The molecule has 1 aliphatic rings. The van der Waals surface area contributed by atoms with Crippen molar-refractivity contribution in [1.29, 1.82) is 5.26 Å². The first-order chi connectivity index (χ1) is 12.1. The summed E-state index contributed by atoms with van der Waals surface area (Å²) in [6, 6.07) is 20.9. The summed E-state index contributed by atoms with van der Waals surface area (Å²) in [5.74, 6) is -1.59. The second-order valence-corrected chi connectivity index (χ2v) is 6.35. The average molecular weight is 333 g/mol. The first-order valence-corrected chi connectivity index (χ1v) is 8.24. The van der Waals surface area contributed by atoms with Gasteiger partial charge in [0.1, 0.15) is 5.78 Å². The maximum absolute atomic E-state index is 12.8. The molecule has 1 saturated carbocycles. The predicted octanol–water partition coefficient (Wildman–Crippen LogP) is 3.60. The van der Waals surface area contributed by atoms with Crippen molar-refractivity contribution in [1.82, 2.24) is 0 Å². The second-order valence-electron chi connectivity index (χ2n) is 6.35. The normalized spacial score (nSPS) is 22.0. The number of esters is 1. The van der Waals surface area contributed by atoms with Gasteiger partial charge in [-0.15, -0.1) is 0 Å². The van der Waals surface area contributed by atoms with E-state index in [0.717, 1.165) is 11.1 Å². The van der Waals surface area contributed by atoms with E-state index in [9.17, 15) is 14.9 Å². The van der Waals surface area contributed by atoms with Crippen molar-refractivity contribution in [2.24, 2.45) is 5.41 Å². The van der Waals surface area contributed by atoms with Crippen molar-refractivity contribution in [3.05, 3.63) is 71.8 Å². The number of hydrogen-bond donors (Lipinski definition) is 0. The van der Waals surface area contributed by atoms with E-state index >= 15 is 0 Å². The third-order valence-electron chi connectivity index (χ3n) is 5.07. The molecule has 3 rings (SSSR count). The zero-order valence-electron chi connectivity index (χ0n) is 14.0. The molecule has 0 aliphatic heterocycles. The lowest BCUT2D eigenvalue weighted by atomic mass is 9.56. The number of nitrogens with zero attached hydrogens (tertiary/aromatic N) is 1. The van der Waals surface area contributed by atoms with Crippen LogP contribution in [0.25, 0.3) is 0 Å². The van der Waals surface area contributed by atoms with Gasteiger partial charge in [0, 0.05) is 24.7 Å². The van der Waals surface area contributed by atoms with Crippen LogP contribution in [-0.4, -0.2) is 18.9 Å². The monoisotopic (exact) mass is 333 g/mol. The highest BCUT2D eigenvalue weighted by Crippen LogP contribution is 2.54. The molecule has 4 heteroatoms. The highest BCUT2D eigenvalue weighted by atomic mass is 16.5. The molecule has 0 saturated heterocycles. The fourth-order valence-corrected chi connectivity index (χ4v) is 3.89. The Morgan fingerprint density at radius 3 is 1.80 bits per heavy atom. The summed E-state index contributed by atoms with van der Waals surface area (Å²) in [5, 5.41) is 10.1. The SMILES string of the molecule is COC(=O)C1(C#N)[C@H](c2ccccc2)CC(=O)C[C@H]1c1ccccc1. The minimum atomic E-state index is -1.43. The van der Waals surface area contributed by atoms with Gasteiger partial charge in [-0.25, -0.2) is 0 Å². The molecule has 2 aromatic rings. The molecule has 4 nitrogen and oxygen atoms in total. The Hall–Kier alpha value is -2.93. The molecule has 1 fully saturated rings. The van der Waals surface area contributed by atoms with Gasteiger partial charge < -0.3 is 4.74 Å². The van der Waals surface area contributed by atoms with Gasteiger partial charge in [0.05, 0.1) is 13.2 Å². The molecule has 0 amide bonds. The fourth-order valence-electron chi connectivity index (χ4n) is 3.89. The van der Waals surface area contributed by atoms with Gasteiger partial charge in [0.15, 0.2) is 5.41 Å². The number of rotatable bonds is 3. The Balaban J connectivity index is 2.21. The molecule has 0 heterocycles. The van der Waals surface area contributed by atoms with Crippen LogP contribution in [0.4, 0.5) is 0 Å². The predicted molar refractivity (Wildman–Crippen MR) is 92.7 cm³/mol. The summed E-state index contributed by atoms with van der Waals surface area (Å²) in [5.41, 5.74) is 0.192. The number of nitriles is 1. The molecule has 0 N–H and O–H groups in total. The van der Waals surface area contributed by atoms with E-state index < -0.39 is 23.2 Å². The van der Waals surface area contributed by atoms with Gasteiger partial charge in [0.25, 0.3) is 0 Å². The van der Waals surface area contributed by atoms with Crippen molar-refractivity contribution in [3.8, 4) is 6.07 Å². The van der Waals surface area contributed by atoms with Crippen molar-refractivity contribution in [2.75, 3.05) is 7.11 Å². The summed E-state index contributed by atoms with van der Waals surface area (Å²) < 4.78 is 5.05. The van der Waals surface area contributed by atoms with E-state index in [0.29, 0.717) is 0 Å². The highest BCUT2D eigenvalue weighted by Gasteiger charge is 2.58. The van der Waals surface area contributed by atoms with Crippen molar-refractivity contribution in [2.45, 2.75) is 24.7 Å². The van der Waals surface area contributed by atoms with Crippen molar-refractivity contribution in [3.63, 3.8) is 0 Å². The second kappa shape index (κ2) is 6.90. The van der Waals surface area contributed by atoms with E-state index in [1.165, 1.54) is 7.11 Å². The molecular weight excluding hydrogens is 314 g/mol. The summed E-state index contributed by atoms with van der Waals surface area (Å²) in [7, 11) is 1.29. The third kappa shape index (κ3) is 2.83. The minimum Gasteiger partial charge on any atom is -0.468 e. The van der Waals surface area contributed by atoms with Crippen molar-refractivity contribution >= 4 is 11.8 Å². The summed E-state index contributed by atoms with van der Waals surface area (Å²) >= 11 is 0. The molecule has 2 atom stereocenters. The Morgan fingerprint density at radius 2 is 1.44 bits per heavy atom. The topological polar surface area (TPSA) is 67.2 Å². The zero-order valence-corrected chi connectivity index (χ0v) is 14.0. The molecule has 0 spiro atoms. The van der Waals surface area contributed by atoms with Crippen LogP contribution in [-0.2, 0) is 14.3 Å². The maximum Gasteiger partial charge on any atom is 0.327 e. The average Bonchev–Trinajstić information content (AvgIpc) is 2.68. The van der Waals surface area contributed by atoms with E-state index in [-0.39, 0.29) is 18.6 Å². The molecule has 0 unspecified atom stereocenters. The number of benzene rings is 2. The smallest absolute Gasteiger partial charge is 0.327 e. The summed E-state index contributed by atoms with van der Waals surface area (Å²) in [4.78, 5) is 25.3. The van der Waals surface area contributed by atoms with Crippen molar-refractivity contribution < 1.29 is 14.3 Å². The third-order valence-corrected chi connectivity index (χ3v) is 5.07. The van der Waals surface area contributed by atoms with Crippen LogP contribution in [0.2, 0.25) is 0 Å². The summed E-state index contributed by atoms with van der Waals surface area (Å²) in [6.07, 6.45) is 0.325. The standard InChI is InChI=1S/C21H19NO3/c1-25-20(24)21(14-22)18(15-8-4-2-5-9-15)12-17(23)13-19(21)16-10-6-3-7-11-16/h2-11,18-19H,12-13H2,1H3/t18-,19-/m0/s1. The number of ether oxygens (including phenoxy) is 1. The number of carbonyl (C=O) groups excluding carboxylic acids is 2. The van der Waals surface area contributed by atoms with E-state index in [1.54, 1.807) is 0 Å². The molecule has 0 aromatic heterocycles. The number of ketones is 1. The summed E-state index contributed by atoms with van der Waals surface area (Å²) in [6.45, 7) is 0. The Bertz CT molecular complexity index is 757. The molecule has 126 valence electrons. The molecule has 1 aliphatic carbocycles. The van der Waals surface area contributed by atoms with E-state index in [1.807, 2.05) is 60.7 Å². The van der Waals surface area contributed by atoms with Crippen LogP contribution in [0, 0.1) is 16.7 Å². The van der Waals surface area contributed by atoms with Gasteiger partial charge in [-0.2, -0.15) is 5.26 Å². The quantitative estimate of drug-likeness (QED) is 0.805. The van der Waals surface area contributed by atoms with Gasteiger partial charge >= 0.3 is 5.97 Å². The van der Waals surface area contributed by atoms with Crippen LogP contribution < -0.4 is 0 Å². The number of methoxy groups -OCH3 is 1. The van der Waals surface area contributed by atoms with E-state index in [2.05, 4.69) is 6.07 Å². The maximum atomic E-state index is 12.8. The first-order valence-electron chi connectivity index (χ1n) is 8.24. The van der Waals surface area contributed by atoms with Crippen LogP contribution in [0.1, 0.15) is 35.8 Å². The number of carbonyl (C=O) groups is 2. The van der Waals surface area contributed by atoms with Crippen LogP contribution >= 0.6 is 0 Å². The lowest BCUT2D eigenvalue weighted by molar-refractivity contribution is -0.154. The molecule has 0 bridgehead atoms. The largest absolute Gasteiger partial charge is 0.468 e. The lowest BCUT2D eigenvalue weighted by Crippen LogP contribution is -2.47. The van der Waals surface area contributed by atoms with Gasteiger partial charge in [-0.1, -0.05) is 60.7 Å². The van der Waals surface area contributed by atoms with Gasteiger partial charge in [0.2, 0.25) is 0 Å². The Labute approximate surface area is 147 Å². The minimum absolute atomic E-state index is 0.0532. The highest BCUT2D eigenvalue weighted by molar-refractivity contribution is 5.90. The first kappa shape index (κ1) is 16.9. The molecule has 0 radical (unpaired) electrons.